The number of aromatic nitrogens is 2. The molecular weight excluding hydrogens is 298 g/mol. The van der Waals surface area contributed by atoms with Crippen LogP contribution in [0.3, 0.4) is 0 Å². The molecule has 0 spiro atoms. The van der Waals surface area contributed by atoms with E-state index >= 15 is 0 Å². The van der Waals surface area contributed by atoms with Gasteiger partial charge in [-0.05, 0) is 24.6 Å². The maximum Gasteiger partial charge on any atom is 0.246 e. The normalized spacial score (nSPS) is 21.0. The Morgan fingerprint density at radius 3 is 3.17 bits per heavy atom. The van der Waals surface area contributed by atoms with Crippen LogP contribution in [0.4, 0.5) is 0 Å². The van der Waals surface area contributed by atoms with E-state index in [1.165, 1.54) is 5.56 Å². The first kappa shape index (κ1) is 15.9. The zero-order valence-electron chi connectivity index (χ0n) is 13.3. The summed E-state index contributed by atoms with van der Waals surface area (Å²) in [6.07, 6.45) is -0.0995. The Morgan fingerprint density at radius 1 is 1.48 bits per heavy atom. The number of H-pyrrole nitrogens is 1. The molecule has 1 saturated heterocycles. The fourth-order valence-corrected chi connectivity index (χ4v) is 2.64. The van der Waals surface area contributed by atoms with Gasteiger partial charge in [-0.3, -0.25) is 4.79 Å². The summed E-state index contributed by atoms with van der Waals surface area (Å²) in [5.74, 6) is 0.520. The molecule has 7 nitrogen and oxygen atoms in total. The minimum absolute atomic E-state index is 0.0248. The number of imidazole rings is 1. The van der Waals surface area contributed by atoms with E-state index in [1.807, 2.05) is 25.1 Å². The van der Waals surface area contributed by atoms with Crippen LogP contribution in [0.2, 0.25) is 0 Å². The minimum Gasteiger partial charge on any atom is -0.377 e. The number of aryl methyl sites for hydroxylation is 1. The van der Waals surface area contributed by atoms with E-state index in [-0.39, 0.29) is 31.3 Å². The molecule has 7 heteroatoms. The van der Waals surface area contributed by atoms with Gasteiger partial charge in [0.15, 0.2) is 0 Å². The van der Waals surface area contributed by atoms with Gasteiger partial charge in [-0.25, -0.2) is 4.98 Å². The lowest BCUT2D eigenvalue weighted by Crippen LogP contribution is -2.44. The molecule has 1 aromatic carbocycles. The van der Waals surface area contributed by atoms with E-state index in [2.05, 4.69) is 15.3 Å². The van der Waals surface area contributed by atoms with Crippen LogP contribution in [-0.4, -0.2) is 55.0 Å². The quantitative estimate of drug-likeness (QED) is 0.827. The molecule has 1 fully saturated rings. The Hall–Kier alpha value is -1.96. The number of carbonyl (C=O) groups is 1. The van der Waals surface area contributed by atoms with Crippen LogP contribution in [0.5, 0.6) is 0 Å². The van der Waals surface area contributed by atoms with Gasteiger partial charge in [0.25, 0.3) is 0 Å². The van der Waals surface area contributed by atoms with Crippen LogP contribution in [0.1, 0.15) is 11.4 Å². The molecule has 0 bridgehead atoms. The van der Waals surface area contributed by atoms with Crippen molar-refractivity contribution in [3.63, 3.8) is 0 Å². The molecule has 1 aliphatic rings. The molecule has 1 aromatic heterocycles. The number of benzene rings is 1. The van der Waals surface area contributed by atoms with Gasteiger partial charge in [-0.1, -0.05) is 6.07 Å². The third-order valence-corrected chi connectivity index (χ3v) is 3.84. The Kier molecular flexibility index (Phi) is 4.90. The number of rotatable bonds is 6. The number of ether oxygens (including phenoxy) is 3. The number of hydrogen-bond donors (Lipinski definition) is 2. The van der Waals surface area contributed by atoms with Gasteiger partial charge in [0.05, 0.1) is 30.3 Å². The summed E-state index contributed by atoms with van der Waals surface area (Å²) in [5.41, 5.74) is 3.03. The third kappa shape index (κ3) is 3.87. The van der Waals surface area contributed by atoms with Crippen LogP contribution in [-0.2, 0) is 25.6 Å². The predicted octanol–water partition coefficient (Wildman–Crippen LogP) is 0.918. The topological polar surface area (TPSA) is 85.5 Å². The monoisotopic (exact) mass is 319 g/mol. The van der Waals surface area contributed by atoms with E-state index in [4.69, 9.17) is 14.2 Å². The van der Waals surface area contributed by atoms with Gasteiger partial charge in [0, 0.05) is 7.11 Å². The van der Waals surface area contributed by atoms with Crippen molar-refractivity contribution in [3.8, 4) is 0 Å². The molecule has 3 rings (SSSR count). The molecule has 0 unspecified atom stereocenters. The van der Waals surface area contributed by atoms with Crippen molar-refractivity contribution in [2.24, 2.45) is 0 Å². The van der Waals surface area contributed by atoms with Crippen LogP contribution in [0, 0.1) is 6.92 Å². The largest absolute Gasteiger partial charge is 0.377 e. The van der Waals surface area contributed by atoms with Crippen LogP contribution in [0.15, 0.2) is 18.2 Å². The van der Waals surface area contributed by atoms with Crippen LogP contribution < -0.4 is 5.32 Å². The van der Waals surface area contributed by atoms with Gasteiger partial charge in [-0.15, -0.1) is 0 Å². The summed E-state index contributed by atoms with van der Waals surface area (Å²) in [6, 6.07) is 5.88. The van der Waals surface area contributed by atoms with E-state index in [0.29, 0.717) is 19.0 Å². The van der Waals surface area contributed by atoms with E-state index in [9.17, 15) is 4.79 Å². The molecule has 0 aliphatic carbocycles. The molecule has 2 heterocycles. The summed E-state index contributed by atoms with van der Waals surface area (Å²) in [4.78, 5) is 19.5. The lowest BCUT2D eigenvalue weighted by molar-refractivity contribution is -0.127. The Labute approximate surface area is 134 Å². The lowest BCUT2D eigenvalue weighted by Gasteiger charge is -2.17. The van der Waals surface area contributed by atoms with Crippen molar-refractivity contribution in [1.82, 2.24) is 15.3 Å². The number of hydrogen-bond acceptors (Lipinski definition) is 5. The second-order valence-electron chi connectivity index (χ2n) is 5.68. The van der Waals surface area contributed by atoms with Crippen LogP contribution >= 0.6 is 0 Å². The highest BCUT2D eigenvalue weighted by molar-refractivity contribution is 5.77. The Morgan fingerprint density at radius 2 is 2.35 bits per heavy atom. The number of nitrogens with one attached hydrogen (secondary N) is 2. The summed E-state index contributed by atoms with van der Waals surface area (Å²) in [7, 11) is 1.61. The number of amides is 1. The maximum atomic E-state index is 11.9. The first-order chi connectivity index (χ1) is 11.2. The number of fused-ring (bicyclic) bond motifs is 1. The zero-order chi connectivity index (χ0) is 16.2. The summed E-state index contributed by atoms with van der Waals surface area (Å²) < 4.78 is 16.0. The van der Waals surface area contributed by atoms with Gasteiger partial charge in [0.2, 0.25) is 5.91 Å². The third-order valence-electron chi connectivity index (χ3n) is 3.84. The van der Waals surface area contributed by atoms with Crippen molar-refractivity contribution >= 4 is 16.9 Å². The molecule has 0 radical (unpaired) electrons. The molecule has 2 atom stereocenters. The highest BCUT2D eigenvalue weighted by Gasteiger charge is 2.29. The first-order valence-electron chi connectivity index (χ1n) is 7.58. The SMILES string of the molecule is CO[C@H]1COC[C@@H]1NC(=O)COCc1nc2ccc(C)cc2[nH]1. The summed E-state index contributed by atoms with van der Waals surface area (Å²) >= 11 is 0. The Bertz CT molecular complexity index is 685. The number of nitrogens with zero attached hydrogens (tertiary/aromatic N) is 1. The van der Waals surface area contributed by atoms with Crippen molar-refractivity contribution in [2.45, 2.75) is 25.7 Å². The average molecular weight is 319 g/mol. The fourth-order valence-electron chi connectivity index (χ4n) is 2.64. The van der Waals surface area contributed by atoms with Crippen molar-refractivity contribution in [3.05, 3.63) is 29.6 Å². The number of aromatic amines is 1. The zero-order valence-corrected chi connectivity index (χ0v) is 13.3. The van der Waals surface area contributed by atoms with E-state index < -0.39 is 0 Å². The first-order valence-corrected chi connectivity index (χ1v) is 7.58. The molecule has 1 amide bonds. The van der Waals surface area contributed by atoms with Crippen molar-refractivity contribution < 1.29 is 19.0 Å². The number of carbonyl (C=O) groups excluding carboxylic acids is 1. The lowest BCUT2D eigenvalue weighted by atomic mass is 10.2. The average Bonchev–Trinajstić information content (AvgIpc) is 3.12. The standard InChI is InChI=1S/C16H21N3O4/c1-10-3-4-11-12(5-10)18-15(17-11)8-23-9-16(20)19-13-6-22-7-14(13)21-2/h3-5,13-14H,6-9H2,1-2H3,(H,17,18)(H,19,20)/t13-,14-/m0/s1. The van der Waals surface area contributed by atoms with Crippen molar-refractivity contribution in [2.75, 3.05) is 26.9 Å². The molecule has 1 aliphatic heterocycles. The maximum absolute atomic E-state index is 11.9. The second kappa shape index (κ2) is 7.08. The summed E-state index contributed by atoms with van der Waals surface area (Å²) in [5, 5.41) is 2.86. The molecule has 0 saturated carbocycles. The van der Waals surface area contributed by atoms with E-state index in [0.717, 1.165) is 11.0 Å². The minimum atomic E-state index is -0.186. The smallest absolute Gasteiger partial charge is 0.246 e. The predicted molar refractivity (Wildman–Crippen MR) is 84.0 cm³/mol. The summed E-state index contributed by atoms with van der Waals surface area (Å²) in [6.45, 7) is 3.23. The number of methoxy groups -OCH3 is 1. The molecule has 124 valence electrons. The van der Waals surface area contributed by atoms with Gasteiger partial charge < -0.3 is 24.5 Å². The van der Waals surface area contributed by atoms with Gasteiger partial charge >= 0.3 is 0 Å². The van der Waals surface area contributed by atoms with Crippen molar-refractivity contribution in [1.29, 1.82) is 0 Å². The highest BCUT2D eigenvalue weighted by Crippen LogP contribution is 2.13. The Balaban J connectivity index is 1.47. The fraction of sp³-hybridized carbons (Fsp3) is 0.500. The second-order valence-corrected chi connectivity index (χ2v) is 5.68. The highest BCUT2D eigenvalue weighted by atomic mass is 16.5. The molecule has 2 aromatic rings. The van der Waals surface area contributed by atoms with E-state index in [1.54, 1.807) is 7.11 Å². The van der Waals surface area contributed by atoms with Gasteiger partial charge in [-0.2, -0.15) is 0 Å². The van der Waals surface area contributed by atoms with Crippen LogP contribution in [0.25, 0.3) is 11.0 Å². The molecular formula is C16H21N3O4. The van der Waals surface area contributed by atoms with Gasteiger partial charge in [0.1, 0.15) is 25.1 Å². The molecule has 2 N–H and O–H groups in total. The molecule has 23 heavy (non-hydrogen) atoms.